The Morgan fingerprint density at radius 3 is 2.28 bits per heavy atom. The molecule has 0 radical (unpaired) electrons. The SMILES string of the molecule is COS(=O)c1cccc(-c2ccc(NC(=O)OC(C)(C)C)cc2)c1C. The van der Waals surface area contributed by atoms with Crippen LogP contribution in [0.15, 0.2) is 47.4 Å². The minimum absolute atomic E-state index is 0.492. The number of nitrogens with one attached hydrogen (secondary N) is 1. The molecule has 0 aliphatic rings. The predicted octanol–water partition coefficient (Wildman–Crippen LogP) is 4.68. The Kier molecular flexibility index (Phi) is 5.98. The maximum atomic E-state index is 11.9. The van der Waals surface area contributed by atoms with E-state index in [0.29, 0.717) is 10.6 Å². The summed E-state index contributed by atoms with van der Waals surface area (Å²) >= 11 is -1.48. The second-order valence-electron chi connectivity index (χ2n) is 6.53. The summed E-state index contributed by atoms with van der Waals surface area (Å²) in [6, 6.07) is 13.0. The van der Waals surface area contributed by atoms with E-state index in [4.69, 9.17) is 8.92 Å². The molecule has 2 aromatic rings. The van der Waals surface area contributed by atoms with Gasteiger partial charge in [-0.2, -0.15) is 0 Å². The van der Waals surface area contributed by atoms with Crippen LogP contribution in [0.2, 0.25) is 0 Å². The highest BCUT2D eigenvalue weighted by Crippen LogP contribution is 2.28. The van der Waals surface area contributed by atoms with Gasteiger partial charge in [0, 0.05) is 5.69 Å². The largest absolute Gasteiger partial charge is 0.444 e. The molecule has 2 rings (SSSR count). The van der Waals surface area contributed by atoms with Gasteiger partial charge in [0.2, 0.25) is 0 Å². The van der Waals surface area contributed by atoms with E-state index in [1.807, 2.05) is 52.0 Å². The molecule has 6 heteroatoms. The van der Waals surface area contributed by atoms with Gasteiger partial charge in [-0.15, -0.1) is 0 Å². The molecular formula is C19H23NO4S. The molecule has 0 heterocycles. The highest BCUT2D eigenvalue weighted by molar-refractivity contribution is 7.80. The van der Waals surface area contributed by atoms with Crippen molar-refractivity contribution >= 4 is 22.9 Å². The van der Waals surface area contributed by atoms with Gasteiger partial charge in [-0.1, -0.05) is 24.3 Å². The number of hydrogen-bond acceptors (Lipinski definition) is 4. The smallest absolute Gasteiger partial charge is 0.412 e. The zero-order chi connectivity index (χ0) is 18.6. The lowest BCUT2D eigenvalue weighted by atomic mass is 10.0. The van der Waals surface area contributed by atoms with Crippen LogP contribution in [0.4, 0.5) is 10.5 Å². The summed E-state index contributed by atoms with van der Waals surface area (Å²) in [7, 11) is 1.42. The number of rotatable bonds is 4. The van der Waals surface area contributed by atoms with Crippen LogP contribution in [0, 0.1) is 6.92 Å². The Labute approximate surface area is 151 Å². The molecule has 0 saturated heterocycles. The van der Waals surface area contributed by atoms with Crippen molar-refractivity contribution in [3.63, 3.8) is 0 Å². The lowest BCUT2D eigenvalue weighted by molar-refractivity contribution is 0.0636. The standard InChI is InChI=1S/C19H23NO4S/c1-13-16(7-6-8-17(13)25(22)23-5)14-9-11-15(12-10-14)20-18(21)24-19(2,3)4/h6-12H,1-5H3,(H,20,21). The number of carbonyl (C=O) groups excluding carboxylic acids is 1. The van der Waals surface area contributed by atoms with Crippen molar-refractivity contribution in [3.05, 3.63) is 48.0 Å². The molecule has 25 heavy (non-hydrogen) atoms. The average Bonchev–Trinajstić information content (AvgIpc) is 2.53. The van der Waals surface area contributed by atoms with E-state index in [1.54, 1.807) is 18.2 Å². The average molecular weight is 361 g/mol. The molecule has 2 aromatic carbocycles. The summed E-state index contributed by atoms with van der Waals surface area (Å²) < 4.78 is 22.1. The molecule has 1 amide bonds. The van der Waals surface area contributed by atoms with Crippen molar-refractivity contribution in [3.8, 4) is 11.1 Å². The summed E-state index contributed by atoms with van der Waals surface area (Å²) in [5, 5.41) is 2.70. The molecule has 0 fully saturated rings. The summed E-state index contributed by atoms with van der Waals surface area (Å²) in [5.74, 6) is 0. The van der Waals surface area contributed by atoms with E-state index in [2.05, 4.69) is 5.32 Å². The second kappa shape index (κ2) is 7.80. The zero-order valence-electron chi connectivity index (χ0n) is 15.1. The first-order chi connectivity index (χ1) is 11.7. The first-order valence-electron chi connectivity index (χ1n) is 7.87. The van der Waals surface area contributed by atoms with Crippen molar-refractivity contribution in [2.75, 3.05) is 12.4 Å². The third-order valence-electron chi connectivity index (χ3n) is 3.46. The minimum Gasteiger partial charge on any atom is -0.444 e. The molecule has 1 N–H and O–H groups in total. The van der Waals surface area contributed by atoms with Gasteiger partial charge in [0.1, 0.15) is 5.60 Å². The highest BCUT2D eigenvalue weighted by atomic mass is 32.2. The number of hydrogen-bond donors (Lipinski definition) is 1. The lowest BCUT2D eigenvalue weighted by Gasteiger charge is -2.19. The van der Waals surface area contributed by atoms with Crippen LogP contribution >= 0.6 is 0 Å². The lowest BCUT2D eigenvalue weighted by Crippen LogP contribution is -2.27. The van der Waals surface area contributed by atoms with Gasteiger partial charge in [0.25, 0.3) is 0 Å². The zero-order valence-corrected chi connectivity index (χ0v) is 15.9. The quantitative estimate of drug-likeness (QED) is 0.859. The summed E-state index contributed by atoms with van der Waals surface area (Å²) in [6.07, 6.45) is -0.492. The third-order valence-corrected chi connectivity index (χ3v) is 4.56. The van der Waals surface area contributed by atoms with Crippen LogP contribution < -0.4 is 5.32 Å². The van der Waals surface area contributed by atoms with Crippen LogP contribution in [0.25, 0.3) is 11.1 Å². The first-order valence-corrected chi connectivity index (χ1v) is 8.95. The molecule has 0 aromatic heterocycles. The number of ether oxygens (including phenoxy) is 1. The van der Waals surface area contributed by atoms with Gasteiger partial charge in [0.05, 0.1) is 12.0 Å². The van der Waals surface area contributed by atoms with Gasteiger partial charge in [-0.05, 0) is 62.6 Å². The van der Waals surface area contributed by atoms with Gasteiger partial charge >= 0.3 is 6.09 Å². The van der Waals surface area contributed by atoms with Gasteiger partial charge in [-0.25, -0.2) is 9.00 Å². The summed E-state index contributed by atoms with van der Waals surface area (Å²) in [4.78, 5) is 12.5. The maximum Gasteiger partial charge on any atom is 0.412 e. The number of amides is 1. The third kappa shape index (κ3) is 5.14. The van der Waals surface area contributed by atoms with Crippen molar-refractivity contribution in [2.45, 2.75) is 38.2 Å². The van der Waals surface area contributed by atoms with Crippen molar-refractivity contribution in [1.82, 2.24) is 0 Å². The van der Waals surface area contributed by atoms with Crippen LogP contribution in [-0.4, -0.2) is 23.0 Å². The fraction of sp³-hybridized carbons (Fsp3) is 0.316. The maximum absolute atomic E-state index is 11.9. The van der Waals surface area contributed by atoms with E-state index in [-0.39, 0.29) is 0 Å². The van der Waals surface area contributed by atoms with Crippen LogP contribution in [0.1, 0.15) is 26.3 Å². The molecule has 0 saturated carbocycles. The second-order valence-corrected chi connectivity index (χ2v) is 7.78. The molecule has 0 bridgehead atoms. The molecule has 0 aliphatic carbocycles. The number of benzene rings is 2. The Bertz CT molecular complexity index is 779. The molecule has 0 aliphatic heterocycles. The van der Waals surface area contributed by atoms with Gasteiger partial charge in [-0.3, -0.25) is 9.50 Å². The van der Waals surface area contributed by atoms with Crippen molar-refractivity contribution < 1.29 is 17.9 Å². The molecule has 1 atom stereocenters. The fourth-order valence-electron chi connectivity index (χ4n) is 2.35. The number of carbonyl (C=O) groups is 1. The van der Waals surface area contributed by atoms with Crippen LogP contribution in [-0.2, 0) is 20.0 Å². The van der Waals surface area contributed by atoms with E-state index in [1.165, 1.54) is 7.11 Å². The first kappa shape index (κ1) is 19.1. The summed E-state index contributed by atoms with van der Waals surface area (Å²) in [5.41, 5.74) is 2.93. The van der Waals surface area contributed by atoms with Crippen molar-refractivity contribution in [1.29, 1.82) is 0 Å². The Hall–Kier alpha value is -2.18. The molecule has 1 unspecified atom stereocenters. The topological polar surface area (TPSA) is 64.6 Å². The van der Waals surface area contributed by atoms with E-state index < -0.39 is 22.8 Å². The Morgan fingerprint density at radius 1 is 1.08 bits per heavy atom. The normalized spacial score (nSPS) is 12.5. The predicted molar refractivity (Wildman–Crippen MR) is 99.9 cm³/mol. The monoisotopic (exact) mass is 361 g/mol. The Balaban J connectivity index is 2.21. The van der Waals surface area contributed by atoms with Gasteiger partial charge in [0.15, 0.2) is 11.1 Å². The van der Waals surface area contributed by atoms with E-state index in [9.17, 15) is 9.00 Å². The molecule has 5 nitrogen and oxygen atoms in total. The van der Waals surface area contributed by atoms with Crippen LogP contribution in [0.5, 0.6) is 0 Å². The van der Waals surface area contributed by atoms with Crippen molar-refractivity contribution in [2.24, 2.45) is 0 Å². The minimum atomic E-state index is -1.48. The van der Waals surface area contributed by atoms with E-state index >= 15 is 0 Å². The van der Waals surface area contributed by atoms with Gasteiger partial charge < -0.3 is 4.74 Å². The van der Waals surface area contributed by atoms with E-state index in [0.717, 1.165) is 16.7 Å². The molecule has 0 spiro atoms. The number of anilines is 1. The fourth-order valence-corrected chi connectivity index (χ4v) is 3.08. The molecule has 134 valence electrons. The van der Waals surface area contributed by atoms with Crippen LogP contribution in [0.3, 0.4) is 0 Å². The molecular weight excluding hydrogens is 338 g/mol. The summed E-state index contributed by atoms with van der Waals surface area (Å²) in [6.45, 7) is 7.36. The highest BCUT2D eigenvalue weighted by Gasteiger charge is 2.16. The Morgan fingerprint density at radius 2 is 1.72 bits per heavy atom.